The van der Waals surface area contributed by atoms with Gasteiger partial charge in [-0.15, -0.1) is 6.58 Å². The number of rotatable bonds is 8. The summed E-state index contributed by atoms with van der Waals surface area (Å²) >= 11 is 0. The van der Waals surface area contributed by atoms with Gasteiger partial charge in [-0.3, -0.25) is 10.1 Å². The van der Waals surface area contributed by atoms with Gasteiger partial charge in [-0.2, -0.15) is 9.29 Å². The molecule has 0 bridgehead atoms. The van der Waals surface area contributed by atoms with Gasteiger partial charge in [0.05, 0.1) is 16.4 Å². The fourth-order valence-corrected chi connectivity index (χ4v) is 3.87. The maximum absolute atomic E-state index is 12.9. The molecule has 10 heteroatoms. The zero-order valence-corrected chi connectivity index (χ0v) is 15.4. The molecule has 144 valence electrons. The summed E-state index contributed by atoms with van der Waals surface area (Å²) in [5, 5.41) is 14.8. The van der Waals surface area contributed by atoms with Gasteiger partial charge in [0.15, 0.2) is 0 Å². The second-order valence-electron chi connectivity index (χ2n) is 5.72. The van der Waals surface area contributed by atoms with E-state index in [0.29, 0.717) is 5.82 Å². The molecule has 28 heavy (non-hydrogen) atoms. The van der Waals surface area contributed by atoms with E-state index in [2.05, 4.69) is 16.7 Å². The molecule has 0 aliphatic heterocycles. The van der Waals surface area contributed by atoms with Crippen molar-refractivity contribution in [2.75, 3.05) is 6.54 Å². The molecule has 0 spiro atoms. The minimum absolute atomic E-state index is 0.0337. The van der Waals surface area contributed by atoms with Crippen molar-refractivity contribution in [1.82, 2.24) is 14.4 Å². The standard InChI is InChI=1S/C18H16N4O5S/c1-2-11-21(28(25,26)16-10-6-9-15(12-16)22(23)24)13-17-19-18(20-27-17)14-7-4-3-5-8-14/h2-10,12H,1,11,13H2. The monoisotopic (exact) mass is 400 g/mol. The first-order chi connectivity index (χ1) is 13.4. The number of nitrogens with zero attached hydrogens (tertiary/aromatic N) is 4. The first-order valence-corrected chi connectivity index (χ1v) is 9.59. The van der Waals surface area contributed by atoms with Crippen LogP contribution < -0.4 is 0 Å². The molecule has 1 aromatic heterocycles. The molecule has 0 radical (unpaired) electrons. The van der Waals surface area contributed by atoms with E-state index in [4.69, 9.17) is 4.52 Å². The molecule has 0 atom stereocenters. The van der Waals surface area contributed by atoms with E-state index in [1.165, 1.54) is 24.3 Å². The Bertz CT molecular complexity index is 1100. The van der Waals surface area contributed by atoms with Crippen LogP contribution >= 0.6 is 0 Å². The van der Waals surface area contributed by atoms with Crippen LogP contribution in [0.2, 0.25) is 0 Å². The predicted molar refractivity (Wildman–Crippen MR) is 101 cm³/mol. The highest BCUT2D eigenvalue weighted by atomic mass is 32.2. The third kappa shape index (κ3) is 4.13. The minimum Gasteiger partial charge on any atom is -0.338 e. The van der Waals surface area contributed by atoms with Crippen molar-refractivity contribution >= 4 is 15.7 Å². The Labute approximate surface area is 161 Å². The van der Waals surface area contributed by atoms with Crippen molar-refractivity contribution in [2.45, 2.75) is 11.4 Å². The van der Waals surface area contributed by atoms with E-state index in [0.717, 1.165) is 15.9 Å². The van der Waals surface area contributed by atoms with Crippen LogP contribution in [0.15, 0.2) is 76.7 Å². The smallest absolute Gasteiger partial charge is 0.270 e. The van der Waals surface area contributed by atoms with Crippen LogP contribution in [0.3, 0.4) is 0 Å². The first-order valence-electron chi connectivity index (χ1n) is 8.15. The number of hydrogen-bond acceptors (Lipinski definition) is 7. The number of hydrogen-bond donors (Lipinski definition) is 0. The van der Waals surface area contributed by atoms with Crippen LogP contribution in [-0.4, -0.2) is 34.3 Å². The third-order valence-electron chi connectivity index (χ3n) is 3.81. The van der Waals surface area contributed by atoms with Gasteiger partial charge >= 0.3 is 0 Å². The SMILES string of the molecule is C=CCN(Cc1nc(-c2ccccc2)no1)S(=O)(=O)c1cccc([N+](=O)[O-])c1. The molecule has 9 nitrogen and oxygen atoms in total. The normalized spacial score (nSPS) is 11.5. The van der Waals surface area contributed by atoms with E-state index >= 15 is 0 Å². The highest BCUT2D eigenvalue weighted by Crippen LogP contribution is 2.23. The largest absolute Gasteiger partial charge is 0.338 e. The Morgan fingerprint density at radius 1 is 1.18 bits per heavy atom. The van der Waals surface area contributed by atoms with Crippen molar-refractivity contribution in [1.29, 1.82) is 0 Å². The highest BCUT2D eigenvalue weighted by molar-refractivity contribution is 7.89. The lowest BCUT2D eigenvalue weighted by molar-refractivity contribution is -0.385. The van der Waals surface area contributed by atoms with Gasteiger partial charge in [-0.1, -0.05) is 47.6 Å². The maximum Gasteiger partial charge on any atom is 0.270 e. The Balaban J connectivity index is 1.89. The van der Waals surface area contributed by atoms with Crippen LogP contribution in [0.4, 0.5) is 5.69 Å². The number of nitro groups is 1. The van der Waals surface area contributed by atoms with E-state index in [1.807, 2.05) is 18.2 Å². The van der Waals surface area contributed by atoms with Gasteiger partial charge in [-0.25, -0.2) is 8.42 Å². The highest BCUT2D eigenvalue weighted by Gasteiger charge is 2.27. The van der Waals surface area contributed by atoms with Gasteiger partial charge in [0.1, 0.15) is 0 Å². The first kappa shape index (κ1) is 19.4. The molecular formula is C18H16N4O5S. The van der Waals surface area contributed by atoms with Crippen LogP contribution in [0.5, 0.6) is 0 Å². The molecule has 0 saturated heterocycles. The van der Waals surface area contributed by atoms with Crippen molar-refractivity contribution in [3.63, 3.8) is 0 Å². The number of non-ortho nitro benzene ring substituents is 1. The number of nitro benzene ring substituents is 1. The molecule has 3 aromatic rings. The van der Waals surface area contributed by atoms with Crippen molar-refractivity contribution in [3.8, 4) is 11.4 Å². The molecule has 0 unspecified atom stereocenters. The molecule has 0 saturated carbocycles. The van der Waals surface area contributed by atoms with Gasteiger partial charge < -0.3 is 4.52 Å². The van der Waals surface area contributed by atoms with Gasteiger partial charge in [0.2, 0.25) is 21.7 Å². The Kier molecular flexibility index (Phi) is 5.62. The van der Waals surface area contributed by atoms with E-state index in [-0.39, 0.29) is 29.6 Å². The lowest BCUT2D eigenvalue weighted by Gasteiger charge is -2.18. The summed E-state index contributed by atoms with van der Waals surface area (Å²) in [7, 11) is -4.04. The lowest BCUT2D eigenvalue weighted by Crippen LogP contribution is -2.31. The Hall–Kier alpha value is -3.37. The molecule has 1 heterocycles. The second-order valence-corrected chi connectivity index (χ2v) is 7.66. The average Bonchev–Trinajstić information content (AvgIpc) is 3.17. The summed E-state index contributed by atoms with van der Waals surface area (Å²) in [4.78, 5) is 14.3. The predicted octanol–water partition coefficient (Wildman–Crippen LogP) is 3.02. The summed E-state index contributed by atoms with van der Waals surface area (Å²) in [5.74, 6) is 0.427. The quantitative estimate of drug-likeness (QED) is 0.324. The van der Waals surface area contributed by atoms with E-state index < -0.39 is 14.9 Å². The molecule has 0 aliphatic rings. The molecule has 3 rings (SSSR count). The summed E-state index contributed by atoms with van der Waals surface area (Å²) in [6, 6.07) is 13.9. The molecule has 0 aliphatic carbocycles. The maximum atomic E-state index is 12.9. The molecular weight excluding hydrogens is 384 g/mol. The minimum atomic E-state index is -4.04. The average molecular weight is 400 g/mol. The molecule has 2 aromatic carbocycles. The van der Waals surface area contributed by atoms with Gasteiger partial charge in [0.25, 0.3) is 5.69 Å². The fourth-order valence-electron chi connectivity index (χ4n) is 2.47. The Morgan fingerprint density at radius 3 is 2.61 bits per heavy atom. The van der Waals surface area contributed by atoms with Crippen LogP contribution in [0.25, 0.3) is 11.4 Å². The summed E-state index contributed by atoms with van der Waals surface area (Å²) in [5.41, 5.74) is 0.415. The topological polar surface area (TPSA) is 119 Å². The third-order valence-corrected chi connectivity index (χ3v) is 5.62. The van der Waals surface area contributed by atoms with Crippen LogP contribution in [0.1, 0.15) is 5.89 Å². The fraction of sp³-hybridized carbons (Fsp3) is 0.111. The summed E-state index contributed by atoms with van der Waals surface area (Å²) in [6.45, 7) is 3.34. The second kappa shape index (κ2) is 8.11. The van der Waals surface area contributed by atoms with Crippen molar-refractivity contribution in [3.05, 3.63) is 83.3 Å². The van der Waals surface area contributed by atoms with Gasteiger partial charge in [-0.05, 0) is 6.07 Å². The lowest BCUT2D eigenvalue weighted by atomic mass is 10.2. The van der Waals surface area contributed by atoms with Crippen molar-refractivity contribution in [2.24, 2.45) is 0 Å². The zero-order valence-electron chi connectivity index (χ0n) is 14.6. The molecule has 0 N–H and O–H groups in total. The molecule has 0 fully saturated rings. The number of sulfonamides is 1. The van der Waals surface area contributed by atoms with Gasteiger partial charge in [0, 0.05) is 24.2 Å². The van der Waals surface area contributed by atoms with Crippen LogP contribution in [0, 0.1) is 10.1 Å². The number of benzene rings is 2. The van der Waals surface area contributed by atoms with Crippen LogP contribution in [-0.2, 0) is 16.6 Å². The summed E-state index contributed by atoms with van der Waals surface area (Å²) < 4.78 is 32.1. The Morgan fingerprint density at radius 2 is 1.93 bits per heavy atom. The van der Waals surface area contributed by atoms with Crippen molar-refractivity contribution < 1.29 is 17.9 Å². The zero-order chi connectivity index (χ0) is 20.1. The molecule has 0 amide bonds. The van der Waals surface area contributed by atoms with E-state index in [1.54, 1.807) is 12.1 Å². The van der Waals surface area contributed by atoms with E-state index in [9.17, 15) is 18.5 Å². The number of aromatic nitrogens is 2. The summed E-state index contributed by atoms with van der Waals surface area (Å²) in [6.07, 6.45) is 1.41.